The van der Waals surface area contributed by atoms with E-state index in [1.54, 1.807) is 0 Å². The number of nitrogens with zero attached hydrogens (tertiary/aromatic N) is 1. The molecule has 10 aromatic rings. The van der Waals surface area contributed by atoms with Crippen LogP contribution < -0.4 is 4.90 Å². The fourth-order valence-electron chi connectivity index (χ4n) is 11.3. The van der Waals surface area contributed by atoms with Gasteiger partial charge in [0.2, 0.25) is 0 Å². The summed E-state index contributed by atoms with van der Waals surface area (Å²) < 4.78 is 0. The van der Waals surface area contributed by atoms with Crippen LogP contribution >= 0.6 is 0 Å². The van der Waals surface area contributed by atoms with Gasteiger partial charge in [0.15, 0.2) is 0 Å². The highest BCUT2D eigenvalue weighted by Crippen LogP contribution is 2.53. The normalized spacial score (nSPS) is 14.1. The molecular weight excluding hydrogens is 759 g/mol. The minimum absolute atomic E-state index is 0.0622. The van der Waals surface area contributed by atoms with Gasteiger partial charge in [-0.15, -0.1) is 0 Å². The number of rotatable bonds is 5. The van der Waals surface area contributed by atoms with Crippen molar-refractivity contribution in [1.82, 2.24) is 0 Å². The van der Waals surface area contributed by atoms with Crippen molar-refractivity contribution in [2.45, 2.75) is 52.4 Å². The average Bonchev–Trinajstić information content (AvgIpc) is 3.67. The van der Waals surface area contributed by atoms with E-state index in [1.165, 1.54) is 127 Å². The SMILES string of the molecule is Cc1cccc(N(c2cccc(C)c2)c2ccc3c(c2)C(C)(C)c2cc(-c4cc5c6ccccc6c(-c6ccc7c(c6)C(C)(C)c6ccccc6-7)cc5c5ccccc45)ccc2-3)c1. The van der Waals surface area contributed by atoms with Gasteiger partial charge in [-0.1, -0.05) is 155 Å². The van der Waals surface area contributed by atoms with Crippen LogP contribution in [-0.4, -0.2) is 0 Å². The predicted octanol–water partition coefficient (Wildman–Crippen LogP) is 17.2. The Morgan fingerprint density at radius 1 is 0.286 bits per heavy atom. The first-order chi connectivity index (χ1) is 30.6. The molecule has 0 fully saturated rings. The van der Waals surface area contributed by atoms with Crippen LogP contribution in [0, 0.1) is 13.8 Å². The van der Waals surface area contributed by atoms with Gasteiger partial charge in [0.25, 0.3) is 0 Å². The van der Waals surface area contributed by atoms with Crippen molar-refractivity contribution in [3.8, 4) is 44.5 Å². The van der Waals surface area contributed by atoms with Crippen molar-refractivity contribution in [3.63, 3.8) is 0 Å². The summed E-state index contributed by atoms with van der Waals surface area (Å²) in [5, 5.41) is 7.71. The molecule has 2 aliphatic carbocycles. The zero-order valence-electron chi connectivity index (χ0n) is 36.8. The van der Waals surface area contributed by atoms with E-state index in [-0.39, 0.29) is 10.8 Å². The first-order valence-corrected chi connectivity index (χ1v) is 22.4. The van der Waals surface area contributed by atoms with Crippen LogP contribution in [0.2, 0.25) is 0 Å². The van der Waals surface area contributed by atoms with E-state index in [2.05, 4.69) is 234 Å². The van der Waals surface area contributed by atoms with Crippen LogP contribution in [0.3, 0.4) is 0 Å². The molecule has 1 nitrogen and oxygen atoms in total. The largest absolute Gasteiger partial charge is 0.310 e. The minimum Gasteiger partial charge on any atom is -0.310 e. The Labute approximate surface area is 370 Å². The smallest absolute Gasteiger partial charge is 0.0465 e. The van der Waals surface area contributed by atoms with E-state index < -0.39 is 0 Å². The summed E-state index contributed by atoms with van der Waals surface area (Å²) in [7, 11) is 0. The van der Waals surface area contributed by atoms with Gasteiger partial charge < -0.3 is 4.90 Å². The number of anilines is 3. The third kappa shape index (κ3) is 5.62. The molecule has 10 aromatic carbocycles. The summed E-state index contributed by atoms with van der Waals surface area (Å²) in [6.07, 6.45) is 0. The summed E-state index contributed by atoms with van der Waals surface area (Å²) in [5.74, 6) is 0. The Balaban J connectivity index is 0.994. The fraction of sp³-hybridized carbons (Fsp3) is 0.129. The van der Waals surface area contributed by atoms with E-state index in [0.29, 0.717) is 0 Å². The average molecular weight is 808 g/mol. The molecule has 63 heavy (non-hydrogen) atoms. The van der Waals surface area contributed by atoms with Crippen LogP contribution in [0.15, 0.2) is 188 Å². The quantitative estimate of drug-likeness (QED) is 0.157. The van der Waals surface area contributed by atoms with Gasteiger partial charge in [0.1, 0.15) is 0 Å². The summed E-state index contributed by atoms with van der Waals surface area (Å²) in [4.78, 5) is 2.41. The number of hydrogen-bond acceptors (Lipinski definition) is 1. The lowest BCUT2D eigenvalue weighted by Gasteiger charge is -2.28. The van der Waals surface area contributed by atoms with Crippen molar-refractivity contribution >= 4 is 49.4 Å². The van der Waals surface area contributed by atoms with E-state index in [1.807, 2.05) is 0 Å². The number of aryl methyl sites for hydroxylation is 2. The highest BCUT2D eigenvalue weighted by molar-refractivity contribution is 6.24. The van der Waals surface area contributed by atoms with E-state index in [9.17, 15) is 0 Å². The van der Waals surface area contributed by atoms with Crippen molar-refractivity contribution in [3.05, 3.63) is 221 Å². The molecule has 0 spiro atoms. The molecule has 0 saturated heterocycles. The van der Waals surface area contributed by atoms with Crippen molar-refractivity contribution in [1.29, 1.82) is 0 Å². The van der Waals surface area contributed by atoms with E-state index in [4.69, 9.17) is 0 Å². The Bertz CT molecular complexity index is 3500. The summed E-state index contributed by atoms with van der Waals surface area (Å²) in [5.41, 5.74) is 21.7. The Morgan fingerprint density at radius 3 is 1.22 bits per heavy atom. The minimum atomic E-state index is -0.207. The highest BCUT2D eigenvalue weighted by Gasteiger charge is 2.37. The molecule has 1 heteroatoms. The van der Waals surface area contributed by atoms with Gasteiger partial charge in [-0.05, 0) is 185 Å². The predicted molar refractivity (Wildman–Crippen MR) is 269 cm³/mol. The lowest BCUT2D eigenvalue weighted by atomic mass is 9.80. The van der Waals surface area contributed by atoms with Gasteiger partial charge in [0, 0.05) is 27.9 Å². The molecule has 302 valence electrons. The van der Waals surface area contributed by atoms with Crippen LogP contribution in [-0.2, 0) is 10.8 Å². The monoisotopic (exact) mass is 807 g/mol. The maximum Gasteiger partial charge on any atom is 0.0465 e. The van der Waals surface area contributed by atoms with Gasteiger partial charge in [-0.2, -0.15) is 0 Å². The maximum absolute atomic E-state index is 2.49. The molecular formula is C62H49N. The first-order valence-electron chi connectivity index (χ1n) is 22.4. The molecule has 2 aliphatic rings. The molecule has 0 unspecified atom stereocenters. The van der Waals surface area contributed by atoms with E-state index >= 15 is 0 Å². The second-order valence-corrected chi connectivity index (χ2v) is 19.1. The van der Waals surface area contributed by atoms with Gasteiger partial charge in [0.05, 0.1) is 0 Å². The lowest BCUT2D eigenvalue weighted by molar-refractivity contribution is 0.660. The maximum atomic E-state index is 2.49. The van der Waals surface area contributed by atoms with Gasteiger partial charge in [-0.25, -0.2) is 0 Å². The second kappa shape index (κ2) is 13.6. The zero-order valence-corrected chi connectivity index (χ0v) is 36.8. The third-order valence-electron chi connectivity index (χ3n) is 14.5. The summed E-state index contributed by atoms with van der Waals surface area (Å²) >= 11 is 0. The highest BCUT2D eigenvalue weighted by atomic mass is 15.1. The zero-order chi connectivity index (χ0) is 42.8. The summed E-state index contributed by atoms with van der Waals surface area (Å²) in [6, 6.07) is 71.1. The Kier molecular flexibility index (Phi) is 8.13. The molecule has 0 N–H and O–H groups in total. The third-order valence-corrected chi connectivity index (χ3v) is 14.5. The van der Waals surface area contributed by atoms with Crippen molar-refractivity contribution in [2.24, 2.45) is 0 Å². The van der Waals surface area contributed by atoms with Crippen molar-refractivity contribution in [2.75, 3.05) is 4.90 Å². The summed E-state index contributed by atoms with van der Waals surface area (Å²) in [6.45, 7) is 13.9. The molecule has 0 atom stereocenters. The van der Waals surface area contributed by atoms with Crippen LogP contribution in [0.1, 0.15) is 61.1 Å². The topological polar surface area (TPSA) is 3.24 Å². The number of benzene rings is 10. The molecule has 0 saturated carbocycles. The lowest BCUT2D eigenvalue weighted by Crippen LogP contribution is -2.16. The molecule has 0 aromatic heterocycles. The van der Waals surface area contributed by atoms with E-state index in [0.717, 1.165) is 0 Å². The number of hydrogen-bond donors (Lipinski definition) is 0. The first kappa shape index (κ1) is 37.5. The molecule has 0 aliphatic heterocycles. The van der Waals surface area contributed by atoms with Crippen LogP contribution in [0.5, 0.6) is 0 Å². The molecule has 0 amide bonds. The Morgan fingerprint density at radius 2 is 0.698 bits per heavy atom. The fourth-order valence-corrected chi connectivity index (χ4v) is 11.3. The van der Waals surface area contributed by atoms with Gasteiger partial charge >= 0.3 is 0 Å². The Hall–Kier alpha value is -7.22. The molecule has 0 bridgehead atoms. The molecule has 0 heterocycles. The van der Waals surface area contributed by atoms with Crippen LogP contribution in [0.4, 0.5) is 17.1 Å². The molecule has 12 rings (SSSR count). The molecule has 0 radical (unpaired) electrons. The number of fused-ring (bicyclic) bond motifs is 11. The second-order valence-electron chi connectivity index (χ2n) is 19.1. The standard InChI is InChI=1S/C62H49N/c1-38-15-13-17-42(31-38)63(43-18-14-16-39(2)32-43)44-27-30-52-51-29-26-41(34-59(51)62(5,6)60(52)35-44)54-37-56-47-21-9-7-19-45(47)53(36-55(56)48-22-10-8-20-46(48)54)40-25-28-50-49-23-11-12-24-57(49)61(3,4)58(50)33-40/h7-37H,1-6H3. The van der Waals surface area contributed by atoms with Crippen LogP contribution in [0.25, 0.3) is 76.8 Å². The van der Waals surface area contributed by atoms with Crippen molar-refractivity contribution < 1.29 is 0 Å². The van der Waals surface area contributed by atoms with Gasteiger partial charge in [-0.3, -0.25) is 0 Å².